The van der Waals surface area contributed by atoms with Gasteiger partial charge in [-0.2, -0.15) is 0 Å². The number of rotatable bonds is 8. The van der Waals surface area contributed by atoms with Gasteiger partial charge in [-0.15, -0.1) is 0 Å². The minimum atomic E-state index is -2.83. The van der Waals surface area contributed by atoms with E-state index in [1.54, 1.807) is 0 Å². The first kappa shape index (κ1) is 35.2. The zero-order valence-corrected chi connectivity index (χ0v) is 34.1. The number of benzene rings is 9. The Morgan fingerprint density at radius 2 is 0.814 bits per heavy atom. The van der Waals surface area contributed by atoms with Crippen molar-refractivity contribution in [3.05, 3.63) is 253 Å². The van der Waals surface area contributed by atoms with E-state index in [2.05, 4.69) is 242 Å². The Labute approximate surface area is 347 Å². The summed E-state index contributed by atoms with van der Waals surface area (Å²) in [5.41, 5.74) is 12.2. The van der Waals surface area contributed by atoms with Crippen LogP contribution in [0.2, 0.25) is 0 Å². The molecule has 11 rings (SSSR count). The number of aryl methyl sites for hydroxylation is 1. The average Bonchev–Trinajstić information content (AvgIpc) is 3.80. The second-order valence-corrected chi connectivity index (χ2v) is 19.7. The van der Waals surface area contributed by atoms with E-state index >= 15 is 0 Å². The van der Waals surface area contributed by atoms with Gasteiger partial charge in [0.2, 0.25) is 0 Å². The standard InChI is InChI=1S/C57H43NSi/c1-2-58-55-31-19-18-30-51(55)52-38-41(33-37-56(52)58)42-32-35-49-50-36-34-48(40-54(50)57(53(49)39-42,43-20-8-3-9-21-43)44-22-10-4-11-23-44)59(45-24-12-5-13-25-45,46-26-14-6-15-27-46)47-28-16-7-17-29-47/h3-40H,2H2,1H3. The molecule has 1 heterocycles. The van der Waals surface area contributed by atoms with E-state index in [4.69, 9.17) is 0 Å². The fourth-order valence-corrected chi connectivity index (χ4v) is 15.3. The third kappa shape index (κ3) is 5.23. The molecule has 0 atom stereocenters. The number of aromatic nitrogens is 1. The highest BCUT2D eigenvalue weighted by molar-refractivity contribution is 7.19. The molecule has 1 aromatic heterocycles. The molecule has 10 aromatic rings. The smallest absolute Gasteiger partial charge is 0.179 e. The van der Waals surface area contributed by atoms with Crippen molar-refractivity contribution in [2.75, 3.05) is 0 Å². The first-order chi connectivity index (χ1) is 29.2. The normalized spacial score (nSPS) is 13.0. The van der Waals surface area contributed by atoms with Gasteiger partial charge in [-0.1, -0.05) is 206 Å². The summed E-state index contributed by atoms with van der Waals surface area (Å²) >= 11 is 0. The van der Waals surface area contributed by atoms with E-state index in [1.807, 2.05) is 0 Å². The maximum Gasteiger partial charge on any atom is 0.179 e. The van der Waals surface area contributed by atoms with Crippen LogP contribution in [-0.4, -0.2) is 12.6 Å². The summed E-state index contributed by atoms with van der Waals surface area (Å²) in [6.45, 7) is 3.17. The molecule has 2 heteroatoms. The molecule has 0 aliphatic heterocycles. The molecule has 0 saturated heterocycles. The molecule has 280 valence electrons. The zero-order chi connectivity index (χ0) is 39.4. The van der Waals surface area contributed by atoms with Crippen LogP contribution < -0.4 is 20.7 Å². The van der Waals surface area contributed by atoms with Crippen molar-refractivity contribution in [1.82, 2.24) is 4.57 Å². The molecular weight excluding hydrogens is 727 g/mol. The third-order valence-electron chi connectivity index (χ3n) is 13.0. The largest absolute Gasteiger partial charge is 0.341 e. The highest BCUT2D eigenvalue weighted by atomic mass is 28.3. The van der Waals surface area contributed by atoms with Crippen LogP contribution in [0.1, 0.15) is 29.2 Å². The van der Waals surface area contributed by atoms with Crippen LogP contribution >= 0.6 is 0 Å². The first-order valence-corrected chi connectivity index (χ1v) is 22.8. The second-order valence-electron chi connectivity index (χ2n) is 15.8. The average molecular weight is 770 g/mol. The van der Waals surface area contributed by atoms with E-state index in [0.29, 0.717) is 0 Å². The zero-order valence-electron chi connectivity index (χ0n) is 33.1. The maximum absolute atomic E-state index is 2.83. The van der Waals surface area contributed by atoms with Crippen molar-refractivity contribution >= 4 is 50.6 Å². The fraction of sp³-hybridized carbons (Fsp3) is 0.0526. The van der Waals surface area contributed by atoms with Gasteiger partial charge < -0.3 is 4.57 Å². The Bertz CT molecular complexity index is 2980. The third-order valence-corrected chi connectivity index (χ3v) is 17.8. The Hall–Kier alpha value is -7.00. The van der Waals surface area contributed by atoms with Gasteiger partial charge >= 0.3 is 0 Å². The Kier molecular flexibility index (Phi) is 8.42. The topological polar surface area (TPSA) is 4.93 Å². The summed E-state index contributed by atoms with van der Waals surface area (Å²) in [6, 6.07) is 87.0. The predicted octanol–water partition coefficient (Wildman–Crippen LogP) is 11.2. The van der Waals surface area contributed by atoms with Crippen LogP contribution in [0.15, 0.2) is 231 Å². The molecule has 9 aromatic carbocycles. The van der Waals surface area contributed by atoms with E-state index in [-0.39, 0.29) is 0 Å². The minimum absolute atomic E-state index is 0.564. The molecule has 0 bridgehead atoms. The van der Waals surface area contributed by atoms with Crippen molar-refractivity contribution in [1.29, 1.82) is 0 Å². The van der Waals surface area contributed by atoms with Gasteiger partial charge in [0, 0.05) is 28.4 Å². The summed E-state index contributed by atoms with van der Waals surface area (Å²) in [5.74, 6) is 0. The number of nitrogens with zero attached hydrogens (tertiary/aromatic N) is 1. The lowest BCUT2D eigenvalue weighted by atomic mass is 9.67. The molecule has 0 N–H and O–H groups in total. The van der Waals surface area contributed by atoms with Crippen molar-refractivity contribution in [2.45, 2.75) is 18.9 Å². The molecular formula is C57H43NSi. The highest BCUT2D eigenvalue weighted by Gasteiger charge is 2.49. The Morgan fingerprint density at radius 3 is 1.37 bits per heavy atom. The molecule has 59 heavy (non-hydrogen) atoms. The van der Waals surface area contributed by atoms with Crippen molar-refractivity contribution in [3.63, 3.8) is 0 Å². The van der Waals surface area contributed by atoms with E-state index in [1.165, 1.54) is 87.1 Å². The summed E-state index contributed by atoms with van der Waals surface area (Å²) < 4.78 is 2.44. The van der Waals surface area contributed by atoms with Gasteiger partial charge in [0.25, 0.3) is 0 Å². The molecule has 0 fully saturated rings. The number of para-hydroxylation sites is 1. The minimum Gasteiger partial charge on any atom is -0.341 e. The highest BCUT2D eigenvalue weighted by Crippen LogP contribution is 2.56. The van der Waals surface area contributed by atoms with Crippen LogP contribution in [0.4, 0.5) is 0 Å². The van der Waals surface area contributed by atoms with Crippen LogP contribution in [0, 0.1) is 0 Å². The molecule has 1 aliphatic carbocycles. The van der Waals surface area contributed by atoms with Crippen molar-refractivity contribution in [3.8, 4) is 22.3 Å². The molecule has 0 saturated carbocycles. The van der Waals surface area contributed by atoms with Crippen LogP contribution in [0.5, 0.6) is 0 Å². The number of fused-ring (bicyclic) bond motifs is 6. The lowest BCUT2D eigenvalue weighted by Crippen LogP contribution is -2.74. The Balaban J connectivity index is 1.21. The SMILES string of the molecule is CCn1c2ccccc2c2cc(-c3ccc4c(c3)C(c3ccccc3)(c3ccccc3)c3cc([Si](c5ccccc5)(c5ccccc5)c5ccccc5)ccc3-4)ccc21. The maximum atomic E-state index is 2.61. The first-order valence-electron chi connectivity index (χ1n) is 20.8. The molecule has 0 unspecified atom stereocenters. The Morgan fingerprint density at radius 1 is 0.373 bits per heavy atom. The monoisotopic (exact) mass is 769 g/mol. The lowest BCUT2D eigenvalue weighted by molar-refractivity contribution is 0.769. The summed E-state index contributed by atoms with van der Waals surface area (Å²) in [5, 5.41) is 8.11. The number of hydrogen-bond acceptors (Lipinski definition) is 0. The van der Waals surface area contributed by atoms with Crippen LogP contribution in [0.25, 0.3) is 44.1 Å². The van der Waals surface area contributed by atoms with Gasteiger partial charge in [-0.3, -0.25) is 0 Å². The summed E-state index contributed by atoms with van der Waals surface area (Å²) in [4.78, 5) is 0. The molecule has 1 aliphatic rings. The van der Waals surface area contributed by atoms with Crippen molar-refractivity contribution in [2.24, 2.45) is 0 Å². The quantitative estimate of drug-likeness (QED) is 0.107. The van der Waals surface area contributed by atoms with Gasteiger partial charge in [0.05, 0.1) is 5.41 Å². The van der Waals surface area contributed by atoms with E-state index < -0.39 is 13.5 Å². The van der Waals surface area contributed by atoms with Crippen molar-refractivity contribution < 1.29 is 0 Å². The predicted molar refractivity (Wildman–Crippen MR) is 251 cm³/mol. The molecule has 1 nitrogen and oxygen atoms in total. The van der Waals surface area contributed by atoms with Gasteiger partial charge in [-0.25, -0.2) is 0 Å². The molecule has 0 amide bonds. The molecule has 0 radical (unpaired) electrons. The van der Waals surface area contributed by atoms with Gasteiger partial charge in [0.1, 0.15) is 0 Å². The van der Waals surface area contributed by atoms with Gasteiger partial charge in [-0.05, 0) is 96.4 Å². The van der Waals surface area contributed by atoms with Gasteiger partial charge in [0.15, 0.2) is 8.07 Å². The molecule has 0 spiro atoms. The van der Waals surface area contributed by atoms with E-state index in [9.17, 15) is 0 Å². The van der Waals surface area contributed by atoms with E-state index in [0.717, 1.165) is 6.54 Å². The van der Waals surface area contributed by atoms with Crippen LogP contribution in [0.3, 0.4) is 0 Å². The number of hydrogen-bond donors (Lipinski definition) is 0. The summed E-state index contributed by atoms with van der Waals surface area (Å²) in [7, 11) is -2.83. The summed E-state index contributed by atoms with van der Waals surface area (Å²) in [6.07, 6.45) is 0. The fourth-order valence-electron chi connectivity index (χ4n) is 10.5. The second kappa shape index (κ2) is 14.1. The van der Waals surface area contributed by atoms with Crippen LogP contribution in [-0.2, 0) is 12.0 Å². The lowest BCUT2D eigenvalue weighted by Gasteiger charge is -2.37.